The Labute approximate surface area is 286 Å². The number of amides is 1. The number of hydrogen-bond acceptors (Lipinski definition) is 8. The van der Waals surface area contributed by atoms with Gasteiger partial charge in [0.25, 0.3) is 11.5 Å². The van der Waals surface area contributed by atoms with E-state index in [-0.39, 0.29) is 11.5 Å². The van der Waals surface area contributed by atoms with Crippen LogP contribution < -0.4 is 20.7 Å². The summed E-state index contributed by atoms with van der Waals surface area (Å²) in [6.07, 6.45) is 13.9. The Bertz CT molecular complexity index is 1980. The summed E-state index contributed by atoms with van der Waals surface area (Å²) in [7, 11) is 1.69. The summed E-state index contributed by atoms with van der Waals surface area (Å²) in [5.74, 6) is 0.769. The normalized spacial score (nSPS) is 21.2. The highest BCUT2D eigenvalue weighted by atomic mass is 16.2. The molecule has 2 atom stereocenters. The molecule has 0 unspecified atom stereocenters. The molecule has 0 radical (unpaired) electrons. The highest BCUT2D eigenvalue weighted by Crippen LogP contribution is 2.35. The van der Waals surface area contributed by atoms with Crippen LogP contribution in [0.5, 0.6) is 0 Å². The van der Waals surface area contributed by atoms with Crippen molar-refractivity contribution < 1.29 is 9.59 Å². The zero-order valence-electron chi connectivity index (χ0n) is 28.6. The predicted octanol–water partition coefficient (Wildman–Crippen LogP) is 5.19. The largest absolute Gasteiger partial charge is 0.365 e. The number of pyridine rings is 3. The van der Waals surface area contributed by atoms with Crippen LogP contribution in [0.3, 0.4) is 0 Å². The molecule has 0 bridgehead atoms. The number of aromatic nitrogens is 4. The van der Waals surface area contributed by atoms with Crippen LogP contribution in [-0.4, -0.2) is 74.0 Å². The number of anilines is 4. The molecule has 0 aromatic carbocycles. The fourth-order valence-corrected chi connectivity index (χ4v) is 8.33. The Hall–Kier alpha value is -4.77. The number of hydrogen-bond donors (Lipinski definition) is 1. The molecule has 1 saturated heterocycles. The molecular weight excluding hydrogens is 616 g/mol. The van der Waals surface area contributed by atoms with Crippen LogP contribution in [-0.2, 0) is 26.4 Å². The highest BCUT2D eigenvalue weighted by Gasteiger charge is 2.36. The lowest BCUT2D eigenvalue weighted by atomic mass is 9.89. The highest BCUT2D eigenvalue weighted by molar-refractivity contribution is 6.10. The SMILES string of the molecule is C[C@@H]1CN(c2ccc(Nc3cc(-c4ccnc(N5CCc6c(cc7n6CCCC7)C5=O)c4C=O)cn(C)c3=O)nc2)[C@@H](C)CN1C1CCC1. The number of fused-ring (bicyclic) bond motifs is 3. The third-order valence-corrected chi connectivity index (χ3v) is 11.2. The smallest absolute Gasteiger partial charge is 0.274 e. The van der Waals surface area contributed by atoms with E-state index in [0.29, 0.717) is 64.6 Å². The fourth-order valence-electron chi connectivity index (χ4n) is 8.33. The average molecular weight is 661 g/mol. The molecule has 7 heterocycles. The monoisotopic (exact) mass is 660 g/mol. The van der Waals surface area contributed by atoms with Crippen LogP contribution >= 0.6 is 0 Å². The molecule has 49 heavy (non-hydrogen) atoms. The summed E-state index contributed by atoms with van der Waals surface area (Å²) in [6, 6.07) is 11.1. The predicted molar refractivity (Wildman–Crippen MR) is 191 cm³/mol. The Kier molecular flexibility index (Phi) is 8.10. The second kappa shape index (κ2) is 12.6. The van der Waals surface area contributed by atoms with Gasteiger partial charge < -0.3 is 19.4 Å². The maximum absolute atomic E-state index is 13.8. The van der Waals surface area contributed by atoms with E-state index in [1.807, 2.05) is 18.3 Å². The summed E-state index contributed by atoms with van der Waals surface area (Å²) in [5, 5.41) is 3.23. The summed E-state index contributed by atoms with van der Waals surface area (Å²) in [4.78, 5) is 55.8. The molecule has 4 aromatic heterocycles. The van der Waals surface area contributed by atoms with E-state index in [1.54, 1.807) is 36.5 Å². The van der Waals surface area contributed by atoms with E-state index < -0.39 is 0 Å². The van der Waals surface area contributed by atoms with Gasteiger partial charge in [-0.1, -0.05) is 6.42 Å². The van der Waals surface area contributed by atoms with Crippen LogP contribution in [0.15, 0.2) is 53.7 Å². The quantitative estimate of drug-likeness (QED) is 0.270. The first-order valence-electron chi connectivity index (χ1n) is 17.7. The Balaban J connectivity index is 1.04. The van der Waals surface area contributed by atoms with Crippen LogP contribution in [0.25, 0.3) is 11.1 Å². The summed E-state index contributed by atoms with van der Waals surface area (Å²) >= 11 is 0. The number of carbonyl (C=O) groups is 2. The molecule has 1 aliphatic carbocycles. The van der Waals surface area contributed by atoms with Crippen LogP contribution in [0.2, 0.25) is 0 Å². The van der Waals surface area contributed by atoms with Gasteiger partial charge in [-0.05, 0) is 81.8 Å². The fraction of sp³-hybridized carbons (Fsp3) is 0.447. The molecule has 254 valence electrons. The van der Waals surface area contributed by atoms with Gasteiger partial charge in [0.15, 0.2) is 6.29 Å². The van der Waals surface area contributed by atoms with Crippen molar-refractivity contribution in [2.24, 2.45) is 7.05 Å². The Morgan fingerprint density at radius 2 is 1.78 bits per heavy atom. The first-order chi connectivity index (χ1) is 23.8. The minimum absolute atomic E-state index is 0.127. The van der Waals surface area contributed by atoms with Crippen molar-refractivity contribution in [1.82, 2.24) is 24.0 Å². The van der Waals surface area contributed by atoms with Gasteiger partial charge in [-0.2, -0.15) is 0 Å². The molecule has 4 aliphatic rings. The molecule has 1 saturated carbocycles. The minimum atomic E-state index is -0.220. The van der Waals surface area contributed by atoms with Gasteiger partial charge in [0.1, 0.15) is 17.3 Å². The van der Waals surface area contributed by atoms with Crippen molar-refractivity contribution >= 4 is 35.2 Å². The minimum Gasteiger partial charge on any atom is -0.365 e. The van der Waals surface area contributed by atoms with Gasteiger partial charge >= 0.3 is 0 Å². The van der Waals surface area contributed by atoms with Gasteiger partial charge in [0.05, 0.1) is 23.0 Å². The second-order valence-electron chi connectivity index (χ2n) is 14.2. The summed E-state index contributed by atoms with van der Waals surface area (Å²) < 4.78 is 3.80. The average Bonchev–Trinajstić information content (AvgIpc) is 3.47. The second-order valence-corrected chi connectivity index (χ2v) is 14.2. The number of piperazine rings is 1. The standard InChI is InChI=1S/C38H44N8O3/c1-24-21-46(25(2)20-45(24)27-8-6-9-27)29-10-11-35(40-19-29)41-33-17-26(22-42(3)38(33)49)30-12-14-39-36(32(30)23-47)44-16-13-34-31(37(44)48)18-28-7-4-5-15-43(28)34/h10-12,14,17-19,22-25,27H,4-9,13,15-16,20-21H2,1-3H3,(H,40,41)/t24-,25+/m1/s1. The number of aldehydes is 1. The lowest BCUT2D eigenvalue weighted by Crippen LogP contribution is -2.60. The van der Waals surface area contributed by atoms with E-state index in [9.17, 15) is 14.4 Å². The van der Waals surface area contributed by atoms with E-state index in [0.717, 1.165) is 62.6 Å². The molecule has 8 rings (SSSR count). The molecule has 0 spiro atoms. The third kappa shape index (κ3) is 5.53. The molecular formula is C38H44N8O3. The maximum Gasteiger partial charge on any atom is 0.274 e. The van der Waals surface area contributed by atoms with Gasteiger partial charge in [0, 0.05) is 87.1 Å². The molecule has 2 fully saturated rings. The van der Waals surface area contributed by atoms with Gasteiger partial charge in [-0.25, -0.2) is 9.97 Å². The van der Waals surface area contributed by atoms with Gasteiger partial charge in [-0.3, -0.25) is 24.2 Å². The van der Waals surface area contributed by atoms with Gasteiger partial charge in [0.2, 0.25) is 0 Å². The number of nitrogens with zero attached hydrogens (tertiary/aromatic N) is 7. The zero-order valence-corrected chi connectivity index (χ0v) is 28.6. The topological polar surface area (TPSA) is 109 Å². The van der Waals surface area contributed by atoms with E-state index in [1.165, 1.54) is 29.5 Å². The van der Waals surface area contributed by atoms with Gasteiger partial charge in [-0.15, -0.1) is 0 Å². The number of carbonyl (C=O) groups excluding carboxylic acids is 2. The molecule has 11 heteroatoms. The Morgan fingerprint density at radius 1 is 0.918 bits per heavy atom. The first-order valence-corrected chi connectivity index (χ1v) is 17.7. The lowest BCUT2D eigenvalue weighted by molar-refractivity contribution is 0.0643. The van der Waals surface area contributed by atoms with Crippen molar-refractivity contribution in [3.8, 4) is 11.1 Å². The molecule has 4 aromatic rings. The lowest BCUT2D eigenvalue weighted by Gasteiger charge is -2.50. The summed E-state index contributed by atoms with van der Waals surface area (Å²) in [5.41, 5.74) is 5.77. The van der Waals surface area contributed by atoms with Crippen molar-refractivity contribution in [1.29, 1.82) is 0 Å². The first kappa shape index (κ1) is 31.5. The molecule has 3 aliphatic heterocycles. The number of nitrogens with one attached hydrogen (secondary N) is 1. The van der Waals surface area contributed by atoms with Crippen LogP contribution in [0.4, 0.5) is 23.0 Å². The van der Waals surface area contributed by atoms with Crippen molar-refractivity contribution in [3.05, 3.63) is 81.8 Å². The summed E-state index contributed by atoms with van der Waals surface area (Å²) in [6.45, 7) is 8.00. The van der Waals surface area contributed by atoms with Crippen molar-refractivity contribution in [2.75, 3.05) is 34.8 Å². The zero-order chi connectivity index (χ0) is 33.8. The Morgan fingerprint density at radius 3 is 2.53 bits per heavy atom. The van der Waals surface area contributed by atoms with E-state index in [2.05, 4.69) is 44.6 Å². The van der Waals surface area contributed by atoms with Crippen molar-refractivity contribution in [2.45, 2.75) is 83.5 Å². The molecule has 1 amide bonds. The number of aryl methyl sites for hydroxylation is 2. The number of rotatable bonds is 7. The van der Waals surface area contributed by atoms with E-state index in [4.69, 9.17) is 4.98 Å². The molecule has 1 N–H and O–H groups in total. The van der Waals surface area contributed by atoms with Crippen molar-refractivity contribution in [3.63, 3.8) is 0 Å². The van der Waals surface area contributed by atoms with Crippen LogP contribution in [0.1, 0.15) is 78.1 Å². The molecule has 11 nitrogen and oxygen atoms in total. The third-order valence-electron chi connectivity index (χ3n) is 11.2. The van der Waals surface area contributed by atoms with Crippen LogP contribution in [0, 0.1) is 0 Å². The maximum atomic E-state index is 13.8. The van der Waals surface area contributed by atoms with E-state index >= 15 is 0 Å².